The first-order valence-corrected chi connectivity index (χ1v) is 7.07. The highest BCUT2D eigenvalue weighted by Gasteiger charge is 2.21. The van der Waals surface area contributed by atoms with Crippen molar-refractivity contribution >= 4 is 21.6 Å². The fraction of sp³-hybridized carbons (Fsp3) is 0.0909. The van der Waals surface area contributed by atoms with Crippen LogP contribution in [0, 0.1) is 11.3 Å². The summed E-state index contributed by atoms with van der Waals surface area (Å²) in [4.78, 5) is 0. The molecule has 0 radical (unpaired) electrons. The molecule has 0 aliphatic carbocycles. The Morgan fingerprint density at radius 1 is 1.47 bits per heavy atom. The van der Waals surface area contributed by atoms with E-state index in [4.69, 9.17) is 22.0 Å². The number of nitrogens with zero attached hydrogens (tertiary/aromatic N) is 3. The minimum absolute atomic E-state index is 0.0791. The van der Waals surface area contributed by atoms with E-state index < -0.39 is 10.0 Å². The molecule has 0 bridgehead atoms. The molecule has 6 nitrogen and oxygen atoms in total. The molecule has 2 rings (SSSR count). The van der Waals surface area contributed by atoms with E-state index in [1.807, 2.05) is 0 Å². The van der Waals surface area contributed by atoms with Crippen molar-refractivity contribution in [1.82, 2.24) is 9.78 Å². The number of hydrogen-bond acceptors (Lipinski definition) is 4. The third-order valence-electron chi connectivity index (χ3n) is 2.40. The van der Waals surface area contributed by atoms with E-state index in [-0.39, 0.29) is 17.1 Å². The molecule has 0 amide bonds. The van der Waals surface area contributed by atoms with Gasteiger partial charge in [0.25, 0.3) is 10.0 Å². The minimum Gasteiger partial charge on any atom is -0.247 e. The molecule has 19 heavy (non-hydrogen) atoms. The van der Waals surface area contributed by atoms with Crippen molar-refractivity contribution < 1.29 is 8.42 Å². The number of aromatic nitrogens is 2. The molecule has 0 saturated carbocycles. The summed E-state index contributed by atoms with van der Waals surface area (Å²) in [7, 11) is -4.02. The van der Waals surface area contributed by atoms with Gasteiger partial charge in [-0.05, 0) is 17.7 Å². The summed E-state index contributed by atoms with van der Waals surface area (Å²) >= 11 is 5.85. The van der Waals surface area contributed by atoms with Gasteiger partial charge in [-0.2, -0.15) is 10.4 Å². The van der Waals surface area contributed by atoms with Crippen LogP contribution in [0.3, 0.4) is 0 Å². The highest BCUT2D eigenvalue weighted by molar-refractivity contribution is 7.89. The number of nitrogens with two attached hydrogens (primary N) is 1. The summed E-state index contributed by atoms with van der Waals surface area (Å²) in [5.41, 5.74) is 0.675. The van der Waals surface area contributed by atoms with Gasteiger partial charge < -0.3 is 0 Å². The third kappa shape index (κ3) is 2.93. The lowest BCUT2D eigenvalue weighted by Gasteiger charge is -2.06. The van der Waals surface area contributed by atoms with Gasteiger partial charge in [0.2, 0.25) is 0 Å². The molecule has 98 valence electrons. The predicted molar refractivity (Wildman–Crippen MR) is 68.9 cm³/mol. The molecule has 0 fully saturated rings. The Morgan fingerprint density at radius 3 is 2.79 bits per heavy atom. The summed E-state index contributed by atoms with van der Waals surface area (Å²) in [6.07, 6.45) is 1.17. The lowest BCUT2D eigenvalue weighted by atomic mass is 10.2. The number of rotatable bonds is 3. The quantitative estimate of drug-likeness (QED) is 0.916. The summed E-state index contributed by atoms with van der Waals surface area (Å²) in [5.74, 6) is 0. The molecular formula is C11H9ClN4O2S. The molecule has 0 atom stereocenters. The van der Waals surface area contributed by atoms with Crippen molar-refractivity contribution in [1.29, 1.82) is 5.26 Å². The standard InChI is InChI=1S/C11H9ClN4O2S/c12-10-3-1-2-8(4-10)7-16-11(19(14,17)18)9(5-13)6-15-16/h1-4,6H,7H2,(H2,14,17,18). The van der Waals surface area contributed by atoms with Gasteiger partial charge in [0.05, 0.1) is 12.7 Å². The Balaban J connectivity index is 2.48. The molecule has 0 spiro atoms. The molecule has 0 saturated heterocycles. The molecule has 1 aromatic heterocycles. The second-order valence-electron chi connectivity index (χ2n) is 3.81. The van der Waals surface area contributed by atoms with E-state index in [1.54, 1.807) is 30.3 Å². The highest BCUT2D eigenvalue weighted by Crippen LogP contribution is 2.16. The fourth-order valence-corrected chi connectivity index (χ4v) is 2.70. The van der Waals surface area contributed by atoms with E-state index in [1.165, 1.54) is 10.9 Å². The topological polar surface area (TPSA) is 102 Å². The van der Waals surface area contributed by atoms with Gasteiger partial charge in [-0.15, -0.1) is 0 Å². The number of benzene rings is 1. The lowest BCUT2D eigenvalue weighted by molar-refractivity contribution is 0.563. The maximum absolute atomic E-state index is 11.5. The molecule has 0 aliphatic heterocycles. The SMILES string of the molecule is N#Cc1cnn(Cc2cccc(Cl)c2)c1S(N)(=O)=O. The van der Waals surface area contributed by atoms with Gasteiger partial charge in [0, 0.05) is 5.02 Å². The van der Waals surface area contributed by atoms with Crippen LogP contribution in [0.4, 0.5) is 0 Å². The van der Waals surface area contributed by atoms with Crippen LogP contribution >= 0.6 is 11.6 Å². The smallest absolute Gasteiger partial charge is 0.247 e. The number of primary sulfonamides is 1. The van der Waals surface area contributed by atoms with Gasteiger partial charge in [0.15, 0.2) is 5.03 Å². The van der Waals surface area contributed by atoms with E-state index >= 15 is 0 Å². The highest BCUT2D eigenvalue weighted by atomic mass is 35.5. The van der Waals surface area contributed by atoms with Crippen LogP contribution in [0.5, 0.6) is 0 Å². The Kier molecular flexibility index (Phi) is 3.57. The van der Waals surface area contributed by atoms with Crippen molar-refractivity contribution in [3.63, 3.8) is 0 Å². The third-order valence-corrected chi connectivity index (χ3v) is 3.61. The minimum atomic E-state index is -4.02. The fourth-order valence-electron chi connectivity index (χ4n) is 1.67. The van der Waals surface area contributed by atoms with Gasteiger partial charge in [-0.3, -0.25) is 0 Å². The molecule has 8 heteroatoms. The zero-order valence-corrected chi connectivity index (χ0v) is 11.2. The zero-order chi connectivity index (χ0) is 14.0. The van der Waals surface area contributed by atoms with Gasteiger partial charge >= 0.3 is 0 Å². The summed E-state index contributed by atoms with van der Waals surface area (Å²) in [6.45, 7) is 0.161. The molecule has 2 aromatic rings. The van der Waals surface area contributed by atoms with Gasteiger partial charge in [0.1, 0.15) is 11.6 Å². The maximum Gasteiger partial charge on any atom is 0.256 e. The first-order chi connectivity index (χ1) is 8.91. The summed E-state index contributed by atoms with van der Waals surface area (Å²) in [5, 5.41) is 18.1. The second kappa shape index (κ2) is 5.01. The average Bonchev–Trinajstić information content (AvgIpc) is 2.71. The van der Waals surface area contributed by atoms with Crippen LogP contribution in [-0.4, -0.2) is 18.2 Å². The predicted octanol–water partition coefficient (Wildman–Crippen LogP) is 1.10. The average molecular weight is 297 g/mol. The molecule has 1 aromatic carbocycles. The van der Waals surface area contributed by atoms with E-state index in [9.17, 15) is 8.42 Å². The summed E-state index contributed by atoms with van der Waals surface area (Å²) in [6, 6.07) is 8.65. The molecule has 0 aliphatic rings. The van der Waals surface area contributed by atoms with Crippen molar-refractivity contribution in [2.45, 2.75) is 11.6 Å². The molecular weight excluding hydrogens is 288 g/mol. The van der Waals surface area contributed by atoms with Crippen LogP contribution in [-0.2, 0) is 16.6 Å². The normalized spacial score (nSPS) is 11.2. The van der Waals surface area contributed by atoms with Crippen molar-refractivity contribution in [2.75, 3.05) is 0 Å². The van der Waals surface area contributed by atoms with E-state index in [0.29, 0.717) is 5.02 Å². The van der Waals surface area contributed by atoms with Crippen molar-refractivity contribution in [3.8, 4) is 6.07 Å². The van der Waals surface area contributed by atoms with E-state index in [0.717, 1.165) is 5.56 Å². The van der Waals surface area contributed by atoms with Crippen LogP contribution in [0.15, 0.2) is 35.5 Å². The maximum atomic E-state index is 11.5. The Bertz CT molecular complexity index is 761. The number of sulfonamides is 1. The first-order valence-electron chi connectivity index (χ1n) is 5.15. The van der Waals surface area contributed by atoms with Gasteiger partial charge in [-0.1, -0.05) is 23.7 Å². The van der Waals surface area contributed by atoms with E-state index in [2.05, 4.69) is 5.10 Å². The molecule has 1 heterocycles. The Hall–Kier alpha value is -1.88. The number of nitriles is 1. The van der Waals surface area contributed by atoms with Crippen LogP contribution < -0.4 is 5.14 Å². The summed E-state index contributed by atoms with van der Waals surface area (Å²) < 4.78 is 24.1. The Labute approximate surface area is 115 Å². The number of hydrogen-bond donors (Lipinski definition) is 1. The zero-order valence-electron chi connectivity index (χ0n) is 9.62. The van der Waals surface area contributed by atoms with Crippen LogP contribution in [0.2, 0.25) is 5.02 Å². The number of halogens is 1. The second-order valence-corrected chi connectivity index (χ2v) is 5.72. The van der Waals surface area contributed by atoms with Gasteiger partial charge in [-0.25, -0.2) is 18.2 Å². The first kappa shape index (κ1) is 13.5. The van der Waals surface area contributed by atoms with Crippen LogP contribution in [0.25, 0.3) is 0 Å². The molecule has 2 N–H and O–H groups in total. The Morgan fingerprint density at radius 2 is 2.21 bits per heavy atom. The van der Waals surface area contributed by atoms with Crippen LogP contribution in [0.1, 0.15) is 11.1 Å². The largest absolute Gasteiger partial charge is 0.256 e. The lowest BCUT2D eigenvalue weighted by Crippen LogP contribution is -2.19. The monoisotopic (exact) mass is 296 g/mol. The molecule has 0 unspecified atom stereocenters. The van der Waals surface area contributed by atoms with Crippen molar-refractivity contribution in [3.05, 3.63) is 46.6 Å². The van der Waals surface area contributed by atoms with Crippen molar-refractivity contribution in [2.24, 2.45) is 5.14 Å².